The third-order valence-electron chi connectivity index (χ3n) is 4.56. The molecule has 126 valence electrons. The first-order valence-electron chi connectivity index (χ1n) is 8.53. The minimum absolute atomic E-state index is 0.0538. The zero-order valence-electron chi connectivity index (χ0n) is 14.1. The zero-order valence-corrected chi connectivity index (χ0v) is 14.1. The van der Waals surface area contributed by atoms with E-state index in [0.29, 0.717) is 12.2 Å². The van der Waals surface area contributed by atoms with Crippen LogP contribution in [-0.2, 0) is 6.54 Å². The first-order valence-corrected chi connectivity index (χ1v) is 8.53. The van der Waals surface area contributed by atoms with Gasteiger partial charge in [-0.1, -0.05) is 31.2 Å². The van der Waals surface area contributed by atoms with Crippen molar-refractivity contribution in [2.75, 3.05) is 0 Å². The van der Waals surface area contributed by atoms with Crippen molar-refractivity contribution in [1.29, 1.82) is 0 Å². The van der Waals surface area contributed by atoms with Crippen molar-refractivity contribution in [2.24, 2.45) is 0 Å². The van der Waals surface area contributed by atoms with Crippen LogP contribution < -0.4 is 10.9 Å². The minimum Gasteiger partial charge on any atom is -0.361 e. The molecule has 3 heterocycles. The molecular weight excluding hydrogens is 312 g/mol. The summed E-state index contributed by atoms with van der Waals surface area (Å²) in [5.41, 5.74) is 3.78. The number of hydrogen-bond acceptors (Lipinski definition) is 3. The van der Waals surface area contributed by atoms with E-state index >= 15 is 0 Å². The van der Waals surface area contributed by atoms with E-state index < -0.39 is 0 Å². The fraction of sp³-hybridized carbons (Fsp3) is 0.200. The summed E-state index contributed by atoms with van der Waals surface area (Å²) in [5.74, 6) is 0. The molecule has 5 heteroatoms. The standard InChI is InChI=1S/C20H20N4O/c1-2-17(16-7-5-6-14-9-10-21-20(14)16)22-13-15-12-19(25)24-11-4-3-8-18(24)23-15/h3-12,17,21-22H,2,13H2,1H3. The topological polar surface area (TPSA) is 62.2 Å². The van der Waals surface area contributed by atoms with E-state index in [-0.39, 0.29) is 11.6 Å². The Bertz CT molecular complexity index is 1080. The number of aromatic amines is 1. The Kier molecular flexibility index (Phi) is 4.07. The highest BCUT2D eigenvalue weighted by Crippen LogP contribution is 2.25. The number of fused-ring (bicyclic) bond motifs is 2. The second kappa shape index (κ2) is 6.53. The Morgan fingerprint density at radius 2 is 2.12 bits per heavy atom. The van der Waals surface area contributed by atoms with Crippen LogP contribution in [0.1, 0.15) is 30.6 Å². The van der Waals surface area contributed by atoms with Crippen LogP contribution >= 0.6 is 0 Å². The lowest BCUT2D eigenvalue weighted by molar-refractivity contribution is 0.516. The second-order valence-electron chi connectivity index (χ2n) is 6.15. The molecular formula is C20H20N4O. The number of hydrogen-bond donors (Lipinski definition) is 2. The van der Waals surface area contributed by atoms with Crippen LogP contribution in [0.15, 0.2) is 65.7 Å². The maximum atomic E-state index is 12.2. The van der Waals surface area contributed by atoms with E-state index in [0.717, 1.165) is 17.6 Å². The molecule has 0 bridgehead atoms. The SMILES string of the molecule is CCC(NCc1cc(=O)n2ccccc2n1)c1cccc2cc[nH]c12. The van der Waals surface area contributed by atoms with Gasteiger partial charge in [0.1, 0.15) is 5.65 Å². The number of nitrogens with zero attached hydrogens (tertiary/aromatic N) is 2. The molecule has 0 saturated heterocycles. The van der Waals surface area contributed by atoms with Gasteiger partial charge in [-0.25, -0.2) is 4.98 Å². The van der Waals surface area contributed by atoms with Crippen molar-refractivity contribution in [3.05, 3.63) is 82.5 Å². The smallest absolute Gasteiger partial charge is 0.258 e. The van der Waals surface area contributed by atoms with Gasteiger partial charge in [-0.2, -0.15) is 0 Å². The average Bonchev–Trinajstić information content (AvgIpc) is 3.12. The van der Waals surface area contributed by atoms with Crippen molar-refractivity contribution in [3.8, 4) is 0 Å². The molecule has 0 amide bonds. The van der Waals surface area contributed by atoms with Gasteiger partial charge in [0.05, 0.1) is 11.2 Å². The predicted octanol–water partition coefficient (Wildman–Crippen LogP) is 3.42. The van der Waals surface area contributed by atoms with Crippen molar-refractivity contribution in [2.45, 2.75) is 25.9 Å². The van der Waals surface area contributed by atoms with Gasteiger partial charge in [-0.15, -0.1) is 0 Å². The fourth-order valence-corrected chi connectivity index (χ4v) is 3.30. The van der Waals surface area contributed by atoms with Gasteiger partial charge in [0.15, 0.2) is 0 Å². The molecule has 1 unspecified atom stereocenters. The first kappa shape index (κ1) is 15.6. The Morgan fingerprint density at radius 1 is 1.20 bits per heavy atom. The molecule has 4 aromatic rings. The van der Waals surface area contributed by atoms with Crippen LogP contribution in [0, 0.1) is 0 Å². The number of aromatic nitrogens is 3. The monoisotopic (exact) mass is 332 g/mol. The minimum atomic E-state index is -0.0538. The Morgan fingerprint density at radius 3 is 3.00 bits per heavy atom. The fourth-order valence-electron chi connectivity index (χ4n) is 3.30. The lowest BCUT2D eigenvalue weighted by Gasteiger charge is -2.18. The second-order valence-corrected chi connectivity index (χ2v) is 6.15. The summed E-state index contributed by atoms with van der Waals surface area (Å²) >= 11 is 0. The van der Waals surface area contributed by atoms with Crippen LogP contribution in [0.5, 0.6) is 0 Å². The van der Waals surface area contributed by atoms with Gasteiger partial charge >= 0.3 is 0 Å². The summed E-state index contributed by atoms with van der Waals surface area (Å²) in [7, 11) is 0. The average molecular weight is 332 g/mol. The number of benzene rings is 1. The summed E-state index contributed by atoms with van der Waals surface area (Å²) < 4.78 is 1.56. The maximum absolute atomic E-state index is 12.2. The number of nitrogens with one attached hydrogen (secondary N) is 2. The summed E-state index contributed by atoms with van der Waals surface area (Å²) in [6.07, 6.45) is 4.65. The van der Waals surface area contributed by atoms with Gasteiger partial charge in [0, 0.05) is 31.0 Å². The largest absolute Gasteiger partial charge is 0.361 e. The summed E-state index contributed by atoms with van der Waals surface area (Å²) in [6, 6.07) is 15.8. The molecule has 4 rings (SSSR count). The van der Waals surface area contributed by atoms with Crippen LogP contribution in [0.4, 0.5) is 0 Å². The van der Waals surface area contributed by atoms with Crippen molar-refractivity contribution < 1.29 is 0 Å². The van der Waals surface area contributed by atoms with Crippen LogP contribution in [0.3, 0.4) is 0 Å². The first-order chi connectivity index (χ1) is 12.3. The molecule has 0 radical (unpaired) electrons. The molecule has 0 saturated carbocycles. The van der Waals surface area contributed by atoms with Crippen molar-refractivity contribution in [3.63, 3.8) is 0 Å². The Labute approximate surface area is 145 Å². The third-order valence-corrected chi connectivity index (χ3v) is 4.56. The highest BCUT2D eigenvalue weighted by molar-refractivity contribution is 5.82. The molecule has 0 spiro atoms. The highest BCUT2D eigenvalue weighted by Gasteiger charge is 2.13. The molecule has 3 aromatic heterocycles. The Hall–Kier alpha value is -2.92. The van der Waals surface area contributed by atoms with E-state index in [1.807, 2.05) is 24.4 Å². The molecule has 0 aliphatic rings. The molecule has 1 atom stereocenters. The van der Waals surface area contributed by atoms with Crippen LogP contribution in [0.2, 0.25) is 0 Å². The lowest BCUT2D eigenvalue weighted by Crippen LogP contribution is -2.23. The van der Waals surface area contributed by atoms with E-state index in [1.54, 1.807) is 16.7 Å². The summed E-state index contributed by atoms with van der Waals surface area (Å²) in [6.45, 7) is 2.71. The van der Waals surface area contributed by atoms with E-state index in [1.165, 1.54) is 10.9 Å². The van der Waals surface area contributed by atoms with Gasteiger partial charge in [-0.05, 0) is 35.6 Å². The van der Waals surface area contributed by atoms with Gasteiger partial charge in [0.2, 0.25) is 0 Å². The predicted molar refractivity (Wildman–Crippen MR) is 99.6 cm³/mol. The van der Waals surface area contributed by atoms with Gasteiger partial charge in [-0.3, -0.25) is 9.20 Å². The molecule has 0 fully saturated rings. The van der Waals surface area contributed by atoms with E-state index in [4.69, 9.17) is 0 Å². The normalized spacial score (nSPS) is 12.7. The van der Waals surface area contributed by atoms with E-state index in [9.17, 15) is 4.79 Å². The summed E-state index contributed by atoms with van der Waals surface area (Å²) in [4.78, 5) is 20.1. The molecule has 1 aromatic carbocycles. The van der Waals surface area contributed by atoms with Crippen LogP contribution in [-0.4, -0.2) is 14.4 Å². The number of para-hydroxylation sites is 1. The van der Waals surface area contributed by atoms with Crippen molar-refractivity contribution >= 4 is 16.6 Å². The van der Waals surface area contributed by atoms with E-state index in [2.05, 4.69) is 46.5 Å². The number of H-pyrrole nitrogens is 1. The maximum Gasteiger partial charge on any atom is 0.258 e. The van der Waals surface area contributed by atoms with Crippen molar-refractivity contribution in [1.82, 2.24) is 19.7 Å². The number of rotatable bonds is 5. The Balaban J connectivity index is 1.61. The molecule has 25 heavy (non-hydrogen) atoms. The third kappa shape index (κ3) is 2.94. The molecule has 5 nitrogen and oxygen atoms in total. The van der Waals surface area contributed by atoms with Gasteiger partial charge < -0.3 is 10.3 Å². The number of pyridine rings is 1. The molecule has 0 aliphatic heterocycles. The highest BCUT2D eigenvalue weighted by atomic mass is 16.1. The quantitative estimate of drug-likeness (QED) is 0.589. The zero-order chi connectivity index (χ0) is 17.2. The molecule has 2 N–H and O–H groups in total. The lowest BCUT2D eigenvalue weighted by atomic mass is 10.0. The summed E-state index contributed by atoms with van der Waals surface area (Å²) in [5, 5.41) is 4.75. The van der Waals surface area contributed by atoms with Crippen LogP contribution in [0.25, 0.3) is 16.6 Å². The molecule has 0 aliphatic carbocycles. The van der Waals surface area contributed by atoms with Gasteiger partial charge in [0.25, 0.3) is 5.56 Å².